The van der Waals surface area contributed by atoms with Gasteiger partial charge in [0.25, 0.3) is 0 Å². The molecule has 0 aliphatic carbocycles. The molecule has 1 saturated heterocycles. The average Bonchev–Trinajstić information content (AvgIpc) is 2.05. The third kappa shape index (κ3) is 2.44. The van der Waals surface area contributed by atoms with E-state index in [1.807, 2.05) is 0 Å². The molecule has 0 spiro atoms. The monoisotopic (exact) mass is 175 g/mol. The molecule has 0 bridgehead atoms. The van der Waals surface area contributed by atoms with Crippen molar-refractivity contribution in [1.82, 2.24) is 5.48 Å². The minimum atomic E-state index is -0.583. The van der Waals surface area contributed by atoms with Crippen LogP contribution in [0.3, 0.4) is 0 Å². The van der Waals surface area contributed by atoms with Crippen LogP contribution in [0.15, 0.2) is 0 Å². The van der Waals surface area contributed by atoms with E-state index in [9.17, 15) is 4.79 Å². The number of rotatable bonds is 2. The number of aliphatic hydroxyl groups is 1. The molecule has 5 heteroatoms. The summed E-state index contributed by atoms with van der Waals surface area (Å²) in [5.74, 6) is -0.378. The Hall–Kier alpha value is -0.650. The van der Waals surface area contributed by atoms with Crippen molar-refractivity contribution in [1.29, 1.82) is 0 Å². The van der Waals surface area contributed by atoms with Crippen LogP contribution >= 0.6 is 0 Å². The molecule has 0 radical (unpaired) electrons. The van der Waals surface area contributed by atoms with Crippen LogP contribution in [0.2, 0.25) is 0 Å². The van der Waals surface area contributed by atoms with Gasteiger partial charge in [0.05, 0.1) is 19.3 Å². The lowest BCUT2D eigenvalue weighted by molar-refractivity contribution is -0.159. The maximum Gasteiger partial charge on any atom is 0.325 e. The Morgan fingerprint density at radius 2 is 2.58 bits per heavy atom. The topological polar surface area (TPSA) is 67.8 Å². The first-order valence-corrected chi connectivity index (χ1v) is 3.96. The lowest BCUT2D eigenvalue weighted by Crippen LogP contribution is -2.47. The molecule has 1 fully saturated rings. The van der Waals surface area contributed by atoms with Gasteiger partial charge < -0.3 is 9.84 Å². The van der Waals surface area contributed by atoms with E-state index in [0.717, 1.165) is 0 Å². The minimum absolute atomic E-state index is 0.218. The molecule has 1 heterocycles. The van der Waals surface area contributed by atoms with Crippen LogP contribution in [-0.2, 0) is 14.4 Å². The van der Waals surface area contributed by atoms with Crippen molar-refractivity contribution in [3.63, 3.8) is 0 Å². The molecule has 0 unspecified atom stereocenters. The lowest BCUT2D eigenvalue weighted by Gasteiger charge is -2.24. The summed E-state index contributed by atoms with van der Waals surface area (Å²) in [6.45, 7) is 2.29. The van der Waals surface area contributed by atoms with Crippen molar-refractivity contribution < 1.29 is 19.5 Å². The first-order chi connectivity index (χ1) is 5.74. The second-order valence-electron chi connectivity index (χ2n) is 2.62. The van der Waals surface area contributed by atoms with E-state index in [1.54, 1.807) is 6.92 Å². The van der Waals surface area contributed by atoms with Crippen molar-refractivity contribution in [2.45, 2.75) is 25.5 Å². The smallest absolute Gasteiger partial charge is 0.325 e. The van der Waals surface area contributed by atoms with E-state index in [0.29, 0.717) is 13.0 Å². The Morgan fingerprint density at radius 1 is 1.83 bits per heavy atom. The number of aliphatic hydroxyl groups excluding tert-OH is 1. The highest BCUT2D eigenvalue weighted by atomic mass is 16.7. The van der Waals surface area contributed by atoms with Crippen molar-refractivity contribution in [2.75, 3.05) is 13.2 Å². The summed E-state index contributed by atoms with van der Waals surface area (Å²) in [5.41, 5.74) is 2.50. The van der Waals surface area contributed by atoms with Crippen LogP contribution in [0.5, 0.6) is 0 Å². The van der Waals surface area contributed by atoms with E-state index in [4.69, 9.17) is 14.7 Å². The van der Waals surface area contributed by atoms with Crippen LogP contribution < -0.4 is 5.48 Å². The minimum Gasteiger partial charge on any atom is -0.465 e. The van der Waals surface area contributed by atoms with E-state index < -0.39 is 12.1 Å². The molecule has 1 rings (SSSR count). The highest BCUT2D eigenvalue weighted by Gasteiger charge is 2.27. The zero-order chi connectivity index (χ0) is 8.97. The third-order valence-electron chi connectivity index (χ3n) is 1.58. The second kappa shape index (κ2) is 4.39. The van der Waals surface area contributed by atoms with Gasteiger partial charge in [0.1, 0.15) is 6.04 Å². The predicted molar refractivity (Wildman–Crippen MR) is 40.1 cm³/mol. The van der Waals surface area contributed by atoms with Gasteiger partial charge in [-0.3, -0.25) is 9.63 Å². The van der Waals surface area contributed by atoms with Crippen LogP contribution in [-0.4, -0.2) is 36.4 Å². The zero-order valence-electron chi connectivity index (χ0n) is 6.95. The molecule has 70 valence electrons. The Labute approximate surface area is 70.6 Å². The van der Waals surface area contributed by atoms with Crippen LogP contribution in [0.1, 0.15) is 13.3 Å². The van der Waals surface area contributed by atoms with Gasteiger partial charge in [-0.25, -0.2) is 0 Å². The average molecular weight is 175 g/mol. The van der Waals surface area contributed by atoms with Gasteiger partial charge in [-0.1, -0.05) is 0 Å². The standard InChI is InChI=1S/C7H13NO4/c1-2-11-7(10)6-3-5(9)4-12-8-6/h5-6,8-9H,2-4H2,1H3/t5-,6-/m1/s1. The number of hydroxylamine groups is 1. The van der Waals surface area contributed by atoms with Crippen molar-refractivity contribution in [2.24, 2.45) is 0 Å². The zero-order valence-corrected chi connectivity index (χ0v) is 6.95. The van der Waals surface area contributed by atoms with Crippen molar-refractivity contribution in [3.05, 3.63) is 0 Å². The molecule has 0 saturated carbocycles. The van der Waals surface area contributed by atoms with Gasteiger partial charge in [-0.15, -0.1) is 0 Å². The molecule has 0 amide bonds. The molecular formula is C7H13NO4. The molecule has 0 aromatic carbocycles. The first kappa shape index (κ1) is 9.44. The number of nitrogens with one attached hydrogen (secondary N) is 1. The van der Waals surface area contributed by atoms with Gasteiger partial charge >= 0.3 is 5.97 Å². The molecule has 1 aliphatic rings. The number of carbonyl (C=O) groups is 1. The maximum absolute atomic E-state index is 11.1. The summed E-state index contributed by atoms with van der Waals surface area (Å²) >= 11 is 0. The second-order valence-corrected chi connectivity index (χ2v) is 2.62. The van der Waals surface area contributed by atoms with E-state index >= 15 is 0 Å². The molecule has 5 nitrogen and oxygen atoms in total. The highest BCUT2D eigenvalue weighted by Crippen LogP contribution is 2.06. The number of hydrogen-bond acceptors (Lipinski definition) is 5. The SMILES string of the molecule is CCOC(=O)[C@H]1C[C@@H](O)CON1. The van der Waals surface area contributed by atoms with E-state index in [-0.39, 0.29) is 12.6 Å². The molecule has 12 heavy (non-hydrogen) atoms. The summed E-state index contributed by atoms with van der Waals surface area (Å²) in [6, 6.07) is -0.534. The molecule has 0 aromatic heterocycles. The van der Waals surface area contributed by atoms with Gasteiger partial charge in [-0.2, -0.15) is 5.48 Å². The highest BCUT2D eigenvalue weighted by molar-refractivity contribution is 5.75. The van der Waals surface area contributed by atoms with Gasteiger partial charge in [0, 0.05) is 6.42 Å². The van der Waals surface area contributed by atoms with Crippen molar-refractivity contribution in [3.8, 4) is 0 Å². The number of carbonyl (C=O) groups excluding carboxylic acids is 1. The predicted octanol–water partition coefficient (Wildman–Crippen LogP) is -0.796. The molecule has 0 aromatic rings. The van der Waals surface area contributed by atoms with Crippen LogP contribution in [0, 0.1) is 0 Å². The third-order valence-corrected chi connectivity index (χ3v) is 1.58. The normalized spacial score (nSPS) is 29.8. The Bertz CT molecular complexity index is 161. The van der Waals surface area contributed by atoms with Crippen LogP contribution in [0.4, 0.5) is 0 Å². The summed E-state index contributed by atoms with van der Waals surface area (Å²) in [7, 11) is 0. The Morgan fingerprint density at radius 3 is 3.17 bits per heavy atom. The summed E-state index contributed by atoms with van der Waals surface area (Å²) < 4.78 is 4.74. The fourth-order valence-electron chi connectivity index (χ4n) is 1.02. The summed E-state index contributed by atoms with van der Waals surface area (Å²) in [5, 5.41) is 9.12. The quantitative estimate of drug-likeness (QED) is 0.538. The van der Waals surface area contributed by atoms with Gasteiger partial charge in [-0.05, 0) is 6.92 Å². The Kier molecular flexibility index (Phi) is 3.46. The molecule has 1 aliphatic heterocycles. The fourth-order valence-corrected chi connectivity index (χ4v) is 1.02. The van der Waals surface area contributed by atoms with Crippen molar-refractivity contribution >= 4 is 5.97 Å². The molecular weight excluding hydrogens is 162 g/mol. The first-order valence-electron chi connectivity index (χ1n) is 3.96. The Balaban J connectivity index is 2.35. The number of hydrogen-bond donors (Lipinski definition) is 2. The van der Waals surface area contributed by atoms with Crippen LogP contribution in [0.25, 0.3) is 0 Å². The van der Waals surface area contributed by atoms with E-state index in [2.05, 4.69) is 5.48 Å². The fraction of sp³-hybridized carbons (Fsp3) is 0.857. The largest absolute Gasteiger partial charge is 0.465 e. The lowest BCUT2D eigenvalue weighted by atomic mass is 10.1. The summed E-state index contributed by atoms with van der Waals surface area (Å²) in [4.78, 5) is 15.8. The van der Waals surface area contributed by atoms with Gasteiger partial charge in [0.2, 0.25) is 0 Å². The van der Waals surface area contributed by atoms with Gasteiger partial charge in [0.15, 0.2) is 0 Å². The number of ether oxygens (including phenoxy) is 1. The molecule has 2 N–H and O–H groups in total. The maximum atomic E-state index is 11.1. The number of esters is 1. The molecule has 2 atom stereocenters. The van der Waals surface area contributed by atoms with E-state index in [1.165, 1.54) is 0 Å². The summed E-state index contributed by atoms with van der Waals surface area (Å²) in [6.07, 6.45) is -0.237.